The predicted molar refractivity (Wildman–Crippen MR) is 101 cm³/mol. The molecule has 0 bridgehead atoms. The van der Waals surface area contributed by atoms with Gasteiger partial charge < -0.3 is 10.2 Å². The summed E-state index contributed by atoms with van der Waals surface area (Å²) in [5, 5.41) is 3.78. The summed E-state index contributed by atoms with van der Waals surface area (Å²) >= 11 is 6.32. The molecule has 2 aliphatic rings. The first-order valence-corrected chi connectivity index (χ1v) is 9.83. The van der Waals surface area contributed by atoms with Crippen molar-refractivity contribution in [2.75, 3.05) is 11.9 Å². The van der Waals surface area contributed by atoms with Crippen LogP contribution in [0.3, 0.4) is 0 Å². The summed E-state index contributed by atoms with van der Waals surface area (Å²) in [5.41, 5.74) is 2.91. The van der Waals surface area contributed by atoms with Crippen LogP contribution in [0.15, 0.2) is 12.1 Å². The summed E-state index contributed by atoms with van der Waals surface area (Å²) in [6.07, 6.45) is 6.45. The number of rotatable bonds is 5. The summed E-state index contributed by atoms with van der Waals surface area (Å²) < 4.78 is 0. The Kier molecular flexibility index (Phi) is 5.67. The Morgan fingerprint density at radius 2 is 1.96 bits per heavy atom. The minimum absolute atomic E-state index is 0.0551. The number of anilines is 1. The lowest BCUT2D eigenvalue weighted by Crippen LogP contribution is -2.35. The first kappa shape index (κ1) is 18.2. The van der Waals surface area contributed by atoms with Crippen molar-refractivity contribution in [3.05, 3.63) is 28.3 Å². The number of hydrogen-bond donors (Lipinski definition) is 1. The third kappa shape index (κ3) is 3.69. The molecule has 1 aromatic rings. The van der Waals surface area contributed by atoms with E-state index in [0.29, 0.717) is 24.0 Å². The number of aryl methyl sites for hydroxylation is 1. The van der Waals surface area contributed by atoms with Crippen LogP contribution in [-0.4, -0.2) is 29.3 Å². The molecule has 1 aliphatic heterocycles. The van der Waals surface area contributed by atoms with Gasteiger partial charge in [0, 0.05) is 29.7 Å². The van der Waals surface area contributed by atoms with Gasteiger partial charge in [-0.2, -0.15) is 0 Å². The number of carbonyl (C=O) groups excluding carboxylic acids is 2. The maximum absolute atomic E-state index is 12.8. The number of halogens is 1. The zero-order chi connectivity index (χ0) is 18.0. The van der Waals surface area contributed by atoms with Crippen LogP contribution in [-0.2, 0) is 22.4 Å². The maximum Gasteiger partial charge on any atom is 0.229 e. The van der Waals surface area contributed by atoms with Crippen LogP contribution >= 0.6 is 11.6 Å². The van der Waals surface area contributed by atoms with Crippen LogP contribution in [0, 0.1) is 5.92 Å². The first-order chi connectivity index (χ1) is 12.0. The van der Waals surface area contributed by atoms with Gasteiger partial charge in [0.25, 0.3) is 0 Å². The van der Waals surface area contributed by atoms with Crippen LogP contribution in [0.4, 0.5) is 5.69 Å². The Hall–Kier alpha value is -1.55. The van der Waals surface area contributed by atoms with Crippen molar-refractivity contribution >= 4 is 29.1 Å². The number of carbonyl (C=O) groups is 2. The highest BCUT2D eigenvalue weighted by Gasteiger charge is 2.38. The summed E-state index contributed by atoms with van der Waals surface area (Å²) in [4.78, 5) is 27.1. The van der Waals surface area contributed by atoms with E-state index in [4.69, 9.17) is 11.6 Å². The second-order valence-corrected chi connectivity index (χ2v) is 7.55. The molecule has 1 atom stereocenters. The third-order valence-electron chi connectivity index (χ3n) is 5.62. The highest BCUT2D eigenvalue weighted by Crippen LogP contribution is 2.32. The van der Waals surface area contributed by atoms with E-state index in [1.807, 2.05) is 24.0 Å². The highest BCUT2D eigenvalue weighted by atomic mass is 35.5. The number of hydrogen-bond acceptors (Lipinski definition) is 2. The standard InChI is InChI=1S/C20H27ClN2O2/c1-3-13-9-10-17(21)16(4-2)19(13)22-20(25)14-11-18(24)23(12-14)15-7-5-6-8-15/h9-10,14-15H,3-8,11-12H2,1-2H3,(H,22,25). The van der Waals surface area contributed by atoms with E-state index in [0.717, 1.165) is 42.5 Å². The lowest BCUT2D eigenvalue weighted by molar-refractivity contribution is -0.129. The quantitative estimate of drug-likeness (QED) is 0.853. The molecule has 0 aromatic heterocycles. The average Bonchev–Trinajstić information content (AvgIpc) is 3.24. The van der Waals surface area contributed by atoms with Crippen LogP contribution in [0.25, 0.3) is 0 Å². The Labute approximate surface area is 154 Å². The molecule has 2 amide bonds. The minimum Gasteiger partial charge on any atom is -0.339 e. The predicted octanol–water partition coefficient (Wildman–Crippen LogP) is 4.19. The molecule has 1 aliphatic carbocycles. The molecule has 2 fully saturated rings. The van der Waals surface area contributed by atoms with E-state index in [-0.39, 0.29) is 17.7 Å². The van der Waals surface area contributed by atoms with E-state index < -0.39 is 0 Å². The van der Waals surface area contributed by atoms with Gasteiger partial charge >= 0.3 is 0 Å². The largest absolute Gasteiger partial charge is 0.339 e. The van der Waals surface area contributed by atoms with E-state index in [1.54, 1.807) is 0 Å². The van der Waals surface area contributed by atoms with Crippen LogP contribution in [0.1, 0.15) is 57.1 Å². The van der Waals surface area contributed by atoms with Crippen molar-refractivity contribution in [1.29, 1.82) is 0 Å². The van der Waals surface area contributed by atoms with E-state index in [2.05, 4.69) is 12.2 Å². The Bertz CT molecular complexity index is 668. The molecule has 0 spiro atoms. The van der Waals surface area contributed by atoms with Crippen LogP contribution in [0.5, 0.6) is 0 Å². The Balaban J connectivity index is 1.75. The number of likely N-dealkylation sites (tertiary alicyclic amines) is 1. The molecule has 1 N–H and O–H groups in total. The van der Waals surface area contributed by atoms with Gasteiger partial charge in [0.15, 0.2) is 0 Å². The third-order valence-corrected chi connectivity index (χ3v) is 5.97. The van der Waals surface area contributed by atoms with Gasteiger partial charge in [-0.1, -0.05) is 44.4 Å². The van der Waals surface area contributed by atoms with E-state index in [9.17, 15) is 9.59 Å². The van der Waals surface area contributed by atoms with Gasteiger partial charge in [-0.05, 0) is 42.9 Å². The van der Waals surface area contributed by atoms with Gasteiger partial charge in [-0.3, -0.25) is 9.59 Å². The van der Waals surface area contributed by atoms with Crippen molar-refractivity contribution in [3.8, 4) is 0 Å². The molecule has 25 heavy (non-hydrogen) atoms. The minimum atomic E-state index is -0.263. The topological polar surface area (TPSA) is 49.4 Å². The van der Waals surface area contributed by atoms with Gasteiger partial charge in [0.2, 0.25) is 11.8 Å². The Morgan fingerprint density at radius 1 is 1.24 bits per heavy atom. The van der Waals surface area contributed by atoms with Gasteiger partial charge in [-0.15, -0.1) is 0 Å². The number of amides is 2. The smallest absolute Gasteiger partial charge is 0.229 e. The zero-order valence-corrected chi connectivity index (χ0v) is 15.9. The van der Waals surface area contributed by atoms with Gasteiger partial charge in [0.1, 0.15) is 0 Å². The molecule has 1 aromatic carbocycles. The van der Waals surface area contributed by atoms with E-state index >= 15 is 0 Å². The Morgan fingerprint density at radius 3 is 2.60 bits per heavy atom. The number of nitrogens with zero attached hydrogens (tertiary/aromatic N) is 1. The zero-order valence-electron chi connectivity index (χ0n) is 15.1. The highest BCUT2D eigenvalue weighted by molar-refractivity contribution is 6.32. The fraction of sp³-hybridized carbons (Fsp3) is 0.600. The molecule has 1 heterocycles. The van der Waals surface area contributed by atoms with Gasteiger partial charge in [-0.25, -0.2) is 0 Å². The molecule has 1 saturated carbocycles. The van der Waals surface area contributed by atoms with Gasteiger partial charge in [0.05, 0.1) is 5.92 Å². The lowest BCUT2D eigenvalue weighted by atomic mass is 10.0. The fourth-order valence-corrected chi connectivity index (χ4v) is 4.46. The summed E-state index contributed by atoms with van der Waals surface area (Å²) in [5.74, 6) is -0.188. The molecule has 1 unspecified atom stereocenters. The maximum atomic E-state index is 12.8. The molecule has 3 rings (SSSR count). The van der Waals surface area contributed by atoms with Crippen molar-refractivity contribution in [1.82, 2.24) is 4.90 Å². The number of benzene rings is 1. The summed E-state index contributed by atoms with van der Waals surface area (Å²) in [6, 6.07) is 4.21. The van der Waals surface area contributed by atoms with E-state index in [1.165, 1.54) is 12.8 Å². The van der Waals surface area contributed by atoms with Crippen molar-refractivity contribution in [3.63, 3.8) is 0 Å². The first-order valence-electron chi connectivity index (χ1n) is 9.45. The van der Waals surface area contributed by atoms with Crippen molar-refractivity contribution < 1.29 is 9.59 Å². The molecule has 1 saturated heterocycles. The van der Waals surface area contributed by atoms with Crippen LogP contribution in [0.2, 0.25) is 5.02 Å². The molecular formula is C20H27ClN2O2. The molecular weight excluding hydrogens is 336 g/mol. The lowest BCUT2D eigenvalue weighted by Gasteiger charge is -2.24. The van der Waals surface area contributed by atoms with Crippen molar-refractivity contribution in [2.45, 2.75) is 64.8 Å². The number of nitrogens with one attached hydrogen (secondary N) is 1. The normalized spacial score (nSPS) is 21.2. The fourth-order valence-electron chi connectivity index (χ4n) is 4.17. The molecule has 5 heteroatoms. The molecule has 0 radical (unpaired) electrons. The second-order valence-electron chi connectivity index (χ2n) is 7.14. The monoisotopic (exact) mass is 362 g/mol. The second kappa shape index (κ2) is 7.77. The molecule has 136 valence electrons. The summed E-state index contributed by atoms with van der Waals surface area (Å²) in [6.45, 7) is 4.66. The van der Waals surface area contributed by atoms with Crippen molar-refractivity contribution in [2.24, 2.45) is 5.92 Å². The molecule has 4 nitrogen and oxygen atoms in total. The summed E-state index contributed by atoms with van der Waals surface area (Å²) in [7, 11) is 0. The SMILES string of the molecule is CCc1ccc(Cl)c(CC)c1NC(=O)C1CC(=O)N(C2CCCC2)C1. The average molecular weight is 363 g/mol. The van der Waals surface area contributed by atoms with Crippen LogP contribution < -0.4 is 5.32 Å².